The van der Waals surface area contributed by atoms with E-state index < -0.39 is 12.6 Å². The molecular weight excluding hydrogens is 588 g/mol. The average Bonchev–Trinajstić information content (AvgIpc) is 3.83. The van der Waals surface area contributed by atoms with Crippen LogP contribution >= 0.6 is 11.6 Å². The number of ketones is 1. The molecule has 6 atom stereocenters. The molecule has 7 nitrogen and oxygen atoms in total. The number of halogens is 1. The quantitative estimate of drug-likeness (QED) is 0.103. The zero-order chi connectivity index (χ0) is 31.1. The summed E-state index contributed by atoms with van der Waals surface area (Å²) in [6.45, 7) is 3.48. The SMILES string of the molecule is Cc1ccc(C(=O)COC(=O)c2cc(-c3ccc(N4C(=O)C5C6C=CC(C7CC67)C5C4=O)cc3)nc3ccc(Cl)cc23)cc1C. The second-order valence-electron chi connectivity index (χ2n) is 12.7. The lowest BCUT2D eigenvalue weighted by Crippen LogP contribution is -2.40. The number of carbonyl (C=O) groups is 4. The summed E-state index contributed by atoms with van der Waals surface area (Å²) in [6.07, 6.45) is 5.45. The van der Waals surface area contributed by atoms with Gasteiger partial charge in [-0.2, -0.15) is 0 Å². The minimum Gasteiger partial charge on any atom is -0.454 e. The van der Waals surface area contributed by atoms with E-state index in [0.717, 1.165) is 17.5 Å². The van der Waals surface area contributed by atoms with Gasteiger partial charge >= 0.3 is 5.97 Å². The first-order valence-corrected chi connectivity index (χ1v) is 15.6. The minimum atomic E-state index is -0.670. The molecule has 8 heteroatoms. The van der Waals surface area contributed by atoms with E-state index in [0.29, 0.717) is 50.3 Å². The van der Waals surface area contributed by atoms with Gasteiger partial charge in [0.15, 0.2) is 12.4 Å². The number of nitrogens with zero attached hydrogens (tertiary/aromatic N) is 2. The van der Waals surface area contributed by atoms with Crippen molar-refractivity contribution in [2.75, 3.05) is 11.5 Å². The number of aryl methyl sites for hydroxylation is 2. The molecule has 2 bridgehead atoms. The van der Waals surface area contributed by atoms with Crippen LogP contribution in [0.4, 0.5) is 5.69 Å². The smallest absolute Gasteiger partial charge is 0.339 e. The predicted octanol–water partition coefficient (Wildman–Crippen LogP) is 6.77. The van der Waals surface area contributed by atoms with Crippen molar-refractivity contribution < 1.29 is 23.9 Å². The van der Waals surface area contributed by atoms with Crippen molar-refractivity contribution in [2.45, 2.75) is 20.3 Å². The van der Waals surface area contributed by atoms with Crippen molar-refractivity contribution in [1.29, 1.82) is 0 Å². The van der Waals surface area contributed by atoms with Gasteiger partial charge in [0.2, 0.25) is 11.8 Å². The third-order valence-corrected chi connectivity index (χ3v) is 10.5. The molecule has 0 radical (unpaired) electrons. The van der Waals surface area contributed by atoms with Gasteiger partial charge in [-0.25, -0.2) is 9.78 Å². The number of hydrogen-bond donors (Lipinski definition) is 0. The molecule has 3 fully saturated rings. The third-order valence-electron chi connectivity index (χ3n) is 10.2. The van der Waals surface area contributed by atoms with E-state index in [1.54, 1.807) is 60.7 Å². The van der Waals surface area contributed by atoms with Crippen LogP contribution in [-0.4, -0.2) is 35.2 Å². The Morgan fingerprint density at radius 3 is 2.22 bits per heavy atom. The van der Waals surface area contributed by atoms with Crippen molar-refractivity contribution in [2.24, 2.45) is 35.5 Å². The summed E-state index contributed by atoms with van der Waals surface area (Å²) >= 11 is 6.27. The highest BCUT2D eigenvalue weighted by atomic mass is 35.5. The van der Waals surface area contributed by atoms with Crippen molar-refractivity contribution in [1.82, 2.24) is 4.98 Å². The van der Waals surface area contributed by atoms with Crippen molar-refractivity contribution >= 4 is 51.8 Å². The molecular formula is C37H29ClN2O5. The van der Waals surface area contributed by atoms with Gasteiger partial charge in [-0.1, -0.05) is 48.0 Å². The lowest BCUT2D eigenvalue weighted by molar-refractivity contribution is -0.124. The molecule has 2 saturated carbocycles. The molecule has 1 saturated heterocycles. The summed E-state index contributed by atoms with van der Waals surface area (Å²) in [5.74, 6) is -0.305. The van der Waals surface area contributed by atoms with Gasteiger partial charge in [0.05, 0.1) is 34.3 Å². The normalized spacial score (nSPS) is 25.8. The largest absolute Gasteiger partial charge is 0.454 e. The molecule has 6 unspecified atom stereocenters. The number of ether oxygens (including phenoxy) is 1. The molecule has 5 aliphatic rings. The highest BCUT2D eigenvalue weighted by Crippen LogP contribution is 2.65. The Balaban J connectivity index is 1.07. The van der Waals surface area contributed by atoms with Crippen molar-refractivity contribution in [3.63, 3.8) is 0 Å². The number of carbonyl (C=O) groups excluding carboxylic acids is 4. The highest BCUT2D eigenvalue weighted by molar-refractivity contribution is 6.31. The van der Waals surface area contributed by atoms with Gasteiger partial charge in [-0.15, -0.1) is 0 Å². The molecule has 3 aromatic carbocycles. The Bertz CT molecular complexity index is 1960. The van der Waals surface area contributed by atoms with Crippen LogP contribution in [0.25, 0.3) is 22.2 Å². The fourth-order valence-corrected chi connectivity index (χ4v) is 7.89. The van der Waals surface area contributed by atoms with Crippen LogP contribution in [-0.2, 0) is 14.3 Å². The molecule has 2 heterocycles. The van der Waals surface area contributed by atoms with Crippen LogP contribution < -0.4 is 4.90 Å². The van der Waals surface area contributed by atoms with Gasteiger partial charge in [0, 0.05) is 21.5 Å². The Hall–Kier alpha value is -4.62. The number of amides is 2. The number of aromatic nitrogens is 1. The number of pyridine rings is 1. The summed E-state index contributed by atoms with van der Waals surface area (Å²) in [6, 6.07) is 19.2. The predicted molar refractivity (Wildman–Crippen MR) is 170 cm³/mol. The van der Waals surface area contributed by atoms with Crippen LogP contribution in [0.2, 0.25) is 5.02 Å². The Morgan fingerprint density at radius 2 is 1.56 bits per heavy atom. The van der Waals surface area contributed by atoms with Gasteiger partial charge in [-0.3, -0.25) is 19.3 Å². The maximum atomic E-state index is 13.6. The van der Waals surface area contributed by atoms with Crippen LogP contribution in [0.1, 0.15) is 38.3 Å². The van der Waals surface area contributed by atoms with E-state index >= 15 is 0 Å². The number of Topliss-reactive ketones (excluding diaryl/α,β-unsaturated/α-hetero) is 1. The molecule has 1 aromatic heterocycles. The standard InChI is InChI=1S/C37H29ClN2O5/c1-18-3-4-21(13-19(18)2)32(41)17-45-37(44)29-16-31(39-30-12-7-22(38)14-28(29)30)20-5-8-23(9-6-20)40-35(42)33-24-10-11-25(27-15-26(24)27)34(33)36(40)43/h3-14,16,24-27,33-34H,15,17H2,1-2H3. The summed E-state index contributed by atoms with van der Waals surface area (Å²) in [5.41, 5.74) is 5.01. The van der Waals surface area contributed by atoms with Crippen molar-refractivity contribution in [3.8, 4) is 11.3 Å². The fourth-order valence-electron chi connectivity index (χ4n) is 7.71. The first kappa shape index (κ1) is 27.9. The number of allylic oxidation sites excluding steroid dienone is 2. The molecule has 0 N–H and O–H groups in total. The number of fused-ring (bicyclic) bond motifs is 1. The molecule has 1 aliphatic heterocycles. The maximum Gasteiger partial charge on any atom is 0.339 e. The fraction of sp³-hybridized carbons (Fsp3) is 0.270. The lowest BCUT2D eigenvalue weighted by atomic mass is 9.63. The zero-order valence-corrected chi connectivity index (χ0v) is 25.5. The van der Waals surface area contributed by atoms with Crippen LogP contribution in [0.5, 0.6) is 0 Å². The molecule has 0 spiro atoms. The van der Waals surface area contributed by atoms with Crippen molar-refractivity contribution in [3.05, 3.63) is 106 Å². The summed E-state index contributed by atoms with van der Waals surface area (Å²) in [5, 5.41) is 0.937. The van der Waals surface area contributed by atoms with Gasteiger partial charge < -0.3 is 4.74 Å². The van der Waals surface area contributed by atoms with Crippen LogP contribution in [0, 0.1) is 49.4 Å². The number of benzene rings is 3. The topological polar surface area (TPSA) is 93.6 Å². The summed E-state index contributed by atoms with van der Waals surface area (Å²) < 4.78 is 5.50. The number of hydrogen-bond acceptors (Lipinski definition) is 6. The van der Waals surface area contributed by atoms with Gasteiger partial charge in [-0.05, 0) is 97.5 Å². The van der Waals surface area contributed by atoms with E-state index in [-0.39, 0.29) is 46.8 Å². The van der Waals surface area contributed by atoms with E-state index in [2.05, 4.69) is 12.2 Å². The average molecular weight is 617 g/mol. The minimum absolute atomic E-state index is 0.108. The Morgan fingerprint density at radius 1 is 0.867 bits per heavy atom. The van der Waals surface area contributed by atoms with Crippen LogP contribution in [0.3, 0.4) is 0 Å². The molecule has 224 valence electrons. The van der Waals surface area contributed by atoms with E-state index in [1.807, 2.05) is 19.9 Å². The van der Waals surface area contributed by atoms with Crippen LogP contribution in [0.15, 0.2) is 78.9 Å². The third kappa shape index (κ3) is 4.44. The molecule has 4 aliphatic carbocycles. The molecule has 9 rings (SSSR count). The monoisotopic (exact) mass is 616 g/mol. The lowest BCUT2D eigenvalue weighted by Gasteiger charge is -2.37. The first-order valence-electron chi connectivity index (χ1n) is 15.2. The maximum absolute atomic E-state index is 13.6. The number of esters is 1. The second kappa shape index (κ2) is 10.2. The van der Waals surface area contributed by atoms with Gasteiger partial charge in [0.25, 0.3) is 0 Å². The van der Waals surface area contributed by atoms with E-state index in [4.69, 9.17) is 21.3 Å². The van der Waals surface area contributed by atoms with Gasteiger partial charge in [0.1, 0.15) is 0 Å². The first-order chi connectivity index (χ1) is 21.7. The van der Waals surface area contributed by atoms with E-state index in [1.165, 1.54) is 4.90 Å². The molecule has 2 amide bonds. The number of rotatable bonds is 6. The van der Waals surface area contributed by atoms with E-state index in [9.17, 15) is 19.2 Å². The highest BCUT2D eigenvalue weighted by Gasteiger charge is 2.67. The number of anilines is 1. The Labute approximate surface area is 264 Å². The summed E-state index contributed by atoms with van der Waals surface area (Å²) in [4.78, 5) is 59.4. The zero-order valence-electron chi connectivity index (χ0n) is 24.7. The molecule has 45 heavy (non-hydrogen) atoms. The molecule has 4 aromatic rings. The Kier molecular flexibility index (Phi) is 6.33. The summed E-state index contributed by atoms with van der Waals surface area (Å²) in [7, 11) is 0. The number of imide groups is 1. The second-order valence-corrected chi connectivity index (χ2v) is 13.2.